The van der Waals surface area contributed by atoms with Crippen molar-refractivity contribution in [3.63, 3.8) is 0 Å². The van der Waals surface area contributed by atoms with E-state index in [0.717, 1.165) is 5.56 Å². The number of hydrogen-bond acceptors (Lipinski definition) is 7. The molecule has 0 saturated carbocycles. The molecule has 2 heterocycles. The van der Waals surface area contributed by atoms with Gasteiger partial charge in [-0.1, -0.05) is 12.1 Å². The Morgan fingerprint density at radius 1 is 1.03 bits per heavy atom. The molecule has 0 spiro atoms. The number of rotatable bonds is 6. The molecule has 8 nitrogen and oxygen atoms in total. The number of methoxy groups -OCH3 is 1. The Balaban J connectivity index is 1.68. The first kappa shape index (κ1) is 24.2. The van der Waals surface area contributed by atoms with Crippen molar-refractivity contribution < 1.29 is 33.6 Å². The predicted octanol–water partition coefficient (Wildman–Crippen LogP) is 4.80. The smallest absolute Gasteiger partial charge is 0.300 e. The van der Waals surface area contributed by atoms with Crippen LogP contribution in [-0.4, -0.2) is 43.7 Å². The number of benzene rings is 3. The van der Waals surface area contributed by atoms with Gasteiger partial charge in [0, 0.05) is 17.3 Å². The van der Waals surface area contributed by atoms with E-state index in [9.17, 15) is 14.7 Å². The van der Waals surface area contributed by atoms with Crippen molar-refractivity contribution in [2.24, 2.45) is 0 Å². The number of amides is 1. The lowest BCUT2D eigenvalue weighted by atomic mass is 9.94. The molecule has 2 aliphatic rings. The van der Waals surface area contributed by atoms with Crippen LogP contribution < -0.4 is 23.8 Å². The third-order valence-corrected chi connectivity index (χ3v) is 6.41. The van der Waals surface area contributed by atoms with Crippen molar-refractivity contribution in [2.45, 2.75) is 19.9 Å². The van der Waals surface area contributed by atoms with E-state index < -0.39 is 17.7 Å². The highest BCUT2D eigenvalue weighted by Gasteiger charge is 2.47. The molecule has 3 aromatic carbocycles. The highest BCUT2D eigenvalue weighted by atomic mass is 16.6. The molecule has 1 fully saturated rings. The summed E-state index contributed by atoms with van der Waals surface area (Å²) in [6.07, 6.45) is 0. The molecule has 37 heavy (non-hydrogen) atoms. The first-order chi connectivity index (χ1) is 17.9. The zero-order valence-electron chi connectivity index (χ0n) is 20.8. The van der Waals surface area contributed by atoms with Crippen molar-refractivity contribution in [3.05, 3.63) is 82.9 Å². The standard InChI is InChI=1S/C29H27NO7/c1-4-35-22-10-8-19(14-17(22)2)27(31)25-26(18-6-5-7-21(15-18)34-3)30(29(33)28(25)32)20-9-11-23-24(16-20)37-13-12-36-23/h5-11,14-16,26,31H,4,12-13H2,1-3H3/b27-25+. The molecular weight excluding hydrogens is 474 g/mol. The van der Waals surface area contributed by atoms with Gasteiger partial charge in [-0.3, -0.25) is 14.5 Å². The van der Waals surface area contributed by atoms with Crippen LogP contribution >= 0.6 is 0 Å². The number of fused-ring (bicyclic) bond motifs is 1. The number of carbonyl (C=O) groups is 2. The van der Waals surface area contributed by atoms with Gasteiger partial charge in [0.05, 0.1) is 25.3 Å². The Labute approximate surface area is 214 Å². The average molecular weight is 502 g/mol. The Kier molecular flexibility index (Phi) is 6.48. The van der Waals surface area contributed by atoms with E-state index in [1.165, 1.54) is 4.90 Å². The van der Waals surface area contributed by atoms with Crippen molar-refractivity contribution in [3.8, 4) is 23.0 Å². The van der Waals surface area contributed by atoms with Crippen LogP contribution in [0.1, 0.15) is 29.7 Å². The van der Waals surface area contributed by atoms with Crippen LogP contribution in [0.25, 0.3) is 5.76 Å². The second-order valence-electron chi connectivity index (χ2n) is 8.69. The summed E-state index contributed by atoms with van der Waals surface area (Å²) in [5.41, 5.74) is 2.24. The van der Waals surface area contributed by atoms with Gasteiger partial charge in [0.1, 0.15) is 30.5 Å². The molecule has 190 valence electrons. The summed E-state index contributed by atoms with van der Waals surface area (Å²) in [4.78, 5) is 28.3. The van der Waals surface area contributed by atoms with Crippen LogP contribution in [0.4, 0.5) is 5.69 Å². The molecular formula is C29H27NO7. The van der Waals surface area contributed by atoms with Crippen LogP contribution in [-0.2, 0) is 9.59 Å². The second kappa shape index (κ2) is 9.89. The van der Waals surface area contributed by atoms with E-state index in [1.807, 2.05) is 13.8 Å². The lowest BCUT2D eigenvalue weighted by Crippen LogP contribution is -2.29. The number of anilines is 1. The van der Waals surface area contributed by atoms with Crippen molar-refractivity contribution >= 4 is 23.1 Å². The Morgan fingerprint density at radius 2 is 1.81 bits per heavy atom. The van der Waals surface area contributed by atoms with E-state index in [4.69, 9.17) is 18.9 Å². The summed E-state index contributed by atoms with van der Waals surface area (Å²) in [7, 11) is 1.54. The van der Waals surface area contributed by atoms with Crippen LogP contribution in [0.15, 0.2) is 66.2 Å². The highest BCUT2D eigenvalue weighted by molar-refractivity contribution is 6.51. The van der Waals surface area contributed by atoms with E-state index in [2.05, 4.69) is 0 Å². The fourth-order valence-corrected chi connectivity index (χ4v) is 4.68. The van der Waals surface area contributed by atoms with E-state index in [1.54, 1.807) is 67.8 Å². The van der Waals surface area contributed by atoms with Gasteiger partial charge in [0.15, 0.2) is 11.5 Å². The molecule has 0 radical (unpaired) electrons. The first-order valence-corrected chi connectivity index (χ1v) is 12.0. The van der Waals surface area contributed by atoms with Gasteiger partial charge >= 0.3 is 0 Å². The number of ether oxygens (including phenoxy) is 4. The minimum atomic E-state index is -0.899. The third kappa shape index (κ3) is 4.35. The summed E-state index contributed by atoms with van der Waals surface area (Å²) >= 11 is 0. The lowest BCUT2D eigenvalue weighted by Gasteiger charge is -2.27. The van der Waals surface area contributed by atoms with Crippen molar-refractivity contribution in [1.29, 1.82) is 0 Å². The molecule has 1 N–H and O–H groups in total. The van der Waals surface area contributed by atoms with Gasteiger partial charge in [-0.2, -0.15) is 0 Å². The SMILES string of the molecule is CCOc1ccc(/C(O)=C2\C(=O)C(=O)N(c3ccc4c(c3)OCCO4)C2c2cccc(OC)c2)cc1C. The van der Waals surface area contributed by atoms with Crippen LogP contribution in [0, 0.1) is 6.92 Å². The Bertz CT molecular complexity index is 1410. The lowest BCUT2D eigenvalue weighted by molar-refractivity contribution is -0.132. The number of ketones is 1. The van der Waals surface area contributed by atoms with Gasteiger partial charge in [-0.25, -0.2) is 0 Å². The van der Waals surface area contributed by atoms with Crippen molar-refractivity contribution in [2.75, 3.05) is 31.8 Å². The van der Waals surface area contributed by atoms with Gasteiger partial charge in [0.2, 0.25) is 0 Å². The number of nitrogens with zero attached hydrogens (tertiary/aromatic N) is 1. The molecule has 1 amide bonds. The largest absolute Gasteiger partial charge is 0.507 e. The molecule has 1 unspecified atom stereocenters. The van der Waals surface area contributed by atoms with E-state index in [0.29, 0.717) is 59.6 Å². The predicted molar refractivity (Wildman–Crippen MR) is 138 cm³/mol. The highest BCUT2D eigenvalue weighted by Crippen LogP contribution is 2.45. The molecule has 2 aliphatic heterocycles. The van der Waals surface area contributed by atoms with Crippen molar-refractivity contribution in [1.82, 2.24) is 0 Å². The maximum absolute atomic E-state index is 13.5. The molecule has 1 saturated heterocycles. The first-order valence-electron chi connectivity index (χ1n) is 12.0. The zero-order valence-corrected chi connectivity index (χ0v) is 20.8. The van der Waals surface area contributed by atoms with Crippen LogP contribution in [0.5, 0.6) is 23.0 Å². The monoisotopic (exact) mass is 501 g/mol. The summed E-state index contributed by atoms with van der Waals surface area (Å²) in [5.74, 6) is 0.478. The number of aliphatic hydroxyl groups is 1. The van der Waals surface area contributed by atoms with Crippen LogP contribution in [0.2, 0.25) is 0 Å². The van der Waals surface area contributed by atoms with Gasteiger partial charge in [-0.15, -0.1) is 0 Å². The molecule has 1 atom stereocenters. The average Bonchev–Trinajstić information content (AvgIpc) is 3.19. The van der Waals surface area contributed by atoms with E-state index in [-0.39, 0.29) is 11.3 Å². The van der Waals surface area contributed by atoms with Gasteiger partial charge in [-0.05, 0) is 67.4 Å². The van der Waals surface area contributed by atoms with Gasteiger partial charge < -0.3 is 24.1 Å². The number of hydrogen-bond donors (Lipinski definition) is 1. The quantitative estimate of drug-likeness (QED) is 0.295. The minimum Gasteiger partial charge on any atom is -0.507 e. The van der Waals surface area contributed by atoms with Crippen LogP contribution in [0.3, 0.4) is 0 Å². The molecule has 8 heteroatoms. The molecule has 3 aromatic rings. The minimum absolute atomic E-state index is 0.0169. The summed E-state index contributed by atoms with van der Waals surface area (Å²) in [6, 6.07) is 16.4. The van der Waals surface area contributed by atoms with E-state index >= 15 is 0 Å². The molecule has 0 aromatic heterocycles. The summed E-state index contributed by atoms with van der Waals surface area (Å²) < 4.78 is 22.3. The number of Topliss-reactive ketones (excluding diaryl/α,β-unsaturated/α-hetero) is 1. The fourth-order valence-electron chi connectivity index (χ4n) is 4.68. The Morgan fingerprint density at radius 3 is 2.54 bits per heavy atom. The normalized spacial score (nSPS) is 18.1. The zero-order chi connectivity index (χ0) is 26.1. The maximum atomic E-state index is 13.5. The summed E-state index contributed by atoms with van der Waals surface area (Å²) in [6.45, 7) is 5.06. The van der Waals surface area contributed by atoms with Gasteiger partial charge in [0.25, 0.3) is 11.7 Å². The second-order valence-corrected chi connectivity index (χ2v) is 8.69. The Hall–Kier alpha value is -4.46. The topological polar surface area (TPSA) is 94.5 Å². The fraction of sp³-hybridized carbons (Fsp3) is 0.241. The summed E-state index contributed by atoms with van der Waals surface area (Å²) in [5, 5.41) is 11.4. The number of aryl methyl sites for hydroxylation is 1. The molecule has 0 aliphatic carbocycles. The molecule has 5 rings (SSSR count). The number of aliphatic hydroxyl groups excluding tert-OH is 1. The number of carbonyl (C=O) groups excluding carboxylic acids is 2. The third-order valence-electron chi connectivity index (χ3n) is 6.41. The maximum Gasteiger partial charge on any atom is 0.300 e. The molecule has 0 bridgehead atoms.